The lowest BCUT2D eigenvalue weighted by molar-refractivity contribution is -0.137. The summed E-state index contributed by atoms with van der Waals surface area (Å²) in [4.78, 5) is 10.8. The first-order valence-corrected chi connectivity index (χ1v) is 7.70. The van der Waals surface area contributed by atoms with Gasteiger partial charge in [0.25, 0.3) is 0 Å². The van der Waals surface area contributed by atoms with Crippen LogP contribution in [0, 0.1) is 13.8 Å². The second-order valence-corrected chi connectivity index (χ2v) is 7.13. The molecule has 1 rings (SSSR count). The van der Waals surface area contributed by atoms with Crippen LogP contribution in [0.2, 0.25) is 0 Å². The normalized spacial score (nSPS) is 12.7. The smallest absolute Gasteiger partial charge is 0.303 e. The number of nitrogens with zero attached hydrogens (tertiary/aromatic N) is 2. The van der Waals surface area contributed by atoms with Crippen LogP contribution in [0.15, 0.2) is 4.90 Å². The molecule has 0 aliphatic rings. The molecule has 20 heavy (non-hydrogen) atoms. The summed E-state index contributed by atoms with van der Waals surface area (Å²) in [5.74, 6) is -0.953. The van der Waals surface area contributed by atoms with Crippen LogP contribution >= 0.6 is 0 Å². The molecule has 0 atom stereocenters. The van der Waals surface area contributed by atoms with Gasteiger partial charge in [0.1, 0.15) is 4.90 Å². The predicted octanol–water partition coefficient (Wildman–Crippen LogP) is 0.959. The minimum absolute atomic E-state index is 0.0967. The first kappa shape index (κ1) is 16.6. The molecule has 2 N–H and O–H groups in total. The minimum atomic E-state index is -3.73. The number of carbonyl (C=O) groups is 1. The molecular formula is C12H21N3O4S. The largest absolute Gasteiger partial charge is 0.481 e. The van der Waals surface area contributed by atoms with E-state index in [0.717, 1.165) is 0 Å². The second kappa shape index (κ2) is 5.53. The van der Waals surface area contributed by atoms with E-state index in [1.165, 1.54) is 4.68 Å². The molecule has 1 aromatic heterocycles. The Morgan fingerprint density at radius 1 is 1.40 bits per heavy atom. The van der Waals surface area contributed by atoms with Crippen LogP contribution in [0.3, 0.4) is 0 Å². The maximum absolute atomic E-state index is 12.4. The maximum atomic E-state index is 12.4. The van der Waals surface area contributed by atoms with Crippen molar-refractivity contribution >= 4 is 16.0 Å². The Kier molecular flexibility index (Phi) is 4.60. The molecule has 1 heterocycles. The van der Waals surface area contributed by atoms with Crippen molar-refractivity contribution in [2.45, 2.75) is 51.0 Å². The topological polar surface area (TPSA) is 101 Å². The van der Waals surface area contributed by atoms with Gasteiger partial charge in [-0.25, -0.2) is 13.1 Å². The minimum Gasteiger partial charge on any atom is -0.481 e. The Hall–Kier alpha value is -1.41. The van der Waals surface area contributed by atoms with Gasteiger partial charge in [-0.3, -0.25) is 9.48 Å². The molecule has 7 nitrogen and oxygen atoms in total. The van der Waals surface area contributed by atoms with Gasteiger partial charge >= 0.3 is 5.97 Å². The van der Waals surface area contributed by atoms with Gasteiger partial charge in [0, 0.05) is 19.0 Å². The van der Waals surface area contributed by atoms with Crippen molar-refractivity contribution in [2.75, 3.05) is 0 Å². The number of hydrogen-bond acceptors (Lipinski definition) is 4. The van der Waals surface area contributed by atoms with Crippen molar-refractivity contribution in [1.82, 2.24) is 14.5 Å². The summed E-state index contributed by atoms with van der Waals surface area (Å²) in [6, 6.07) is 0. The van der Waals surface area contributed by atoms with Crippen LogP contribution in [-0.2, 0) is 21.9 Å². The molecule has 0 spiro atoms. The molecule has 0 radical (unpaired) electrons. The number of aromatic nitrogens is 2. The first-order valence-electron chi connectivity index (χ1n) is 6.22. The fraction of sp³-hybridized carbons (Fsp3) is 0.667. The monoisotopic (exact) mass is 303 g/mol. The third-order valence-corrected chi connectivity index (χ3v) is 5.04. The standard InChI is InChI=1S/C12H21N3O4S/c1-8-11(9(2)15(5)13-8)20(18,19)14-12(3,4)7-6-10(16)17/h14H,6-7H2,1-5H3,(H,16,17). The van der Waals surface area contributed by atoms with Crippen molar-refractivity contribution in [2.24, 2.45) is 7.05 Å². The van der Waals surface area contributed by atoms with Crippen LogP contribution in [0.1, 0.15) is 38.1 Å². The van der Waals surface area contributed by atoms with Crippen LogP contribution in [0.5, 0.6) is 0 Å². The summed E-state index contributed by atoms with van der Waals surface area (Å²) in [7, 11) is -2.06. The van der Waals surface area contributed by atoms with Crippen molar-refractivity contribution in [3.63, 3.8) is 0 Å². The van der Waals surface area contributed by atoms with E-state index >= 15 is 0 Å². The molecule has 1 aromatic rings. The number of carboxylic acid groups (broad SMARTS) is 1. The Bertz CT molecular complexity index is 617. The van der Waals surface area contributed by atoms with E-state index in [1.807, 2.05) is 0 Å². The van der Waals surface area contributed by atoms with Gasteiger partial charge in [-0.15, -0.1) is 0 Å². The number of hydrogen-bond donors (Lipinski definition) is 2. The molecule has 8 heteroatoms. The van der Waals surface area contributed by atoms with Crippen molar-refractivity contribution in [3.05, 3.63) is 11.4 Å². The summed E-state index contributed by atoms with van der Waals surface area (Å²) in [5.41, 5.74) is 0.127. The highest BCUT2D eigenvalue weighted by atomic mass is 32.2. The number of sulfonamides is 1. The SMILES string of the molecule is Cc1nn(C)c(C)c1S(=O)(=O)NC(C)(C)CCC(=O)O. The van der Waals surface area contributed by atoms with Gasteiger partial charge < -0.3 is 5.11 Å². The molecule has 0 unspecified atom stereocenters. The predicted molar refractivity (Wildman–Crippen MR) is 74.0 cm³/mol. The molecule has 0 saturated heterocycles. The highest BCUT2D eigenvalue weighted by molar-refractivity contribution is 7.89. The van der Waals surface area contributed by atoms with Crippen molar-refractivity contribution < 1.29 is 18.3 Å². The Balaban J connectivity index is 3.03. The lowest BCUT2D eigenvalue weighted by atomic mass is 10.0. The van der Waals surface area contributed by atoms with Crippen molar-refractivity contribution in [3.8, 4) is 0 Å². The number of nitrogens with one attached hydrogen (secondary N) is 1. The van der Waals surface area contributed by atoms with Gasteiger partial charge in [0.2, 0.25) is 10.0 Å². The third-order valence-electron chi connectivity index (χ3n) is 3.09. The lowest BCUT2D eigenvalue weighted by Crippen LogP contribution is -2.43. The van der Waals surface area contributed by atoms with E-state index < -0.39 is 21.5 Å². The average molecular weight is 303 g/mol. The molecule has 0 aliphatic heterocycles. The van der Waals surface area contributed by atoms with E-state index in [2.05, 4.69) is 9.82 Å². The third kappa shape index (κ3) is 3.80. The Morgan fingerprint density at radius 3 is 2.35 bits per heavy atom. The lowest BCUT2D eigenvalue weighted by Gasteiger charge is -2.25. The molecule has 0 saturated carbocycles. The Morgan fingerprint density at radius 2 is 1.95 bits per heavy atom. The summed E-state index contributed by atoms with van der Waals surface area (Å²) in [5, 5.41) is 12.8. The molecule has 0 aliphatic carbocycles. The van der Waals surface area contributed by atoms with Gasteiger partial charge in [-0.2, -0.15) is 5.10 Å². The van der Waals surface area contributed by atoms with E-state index in [-0.39, 0.29) is 17.7 Å². The summed E-state index contributed by atoms with van der Waals surface area (Å²) < 4.78 is 28.9. The number of aliphatic carboxylic acids is 1. The van der Waals surface area contributed by atoms with Gasteiger partial charge in [-0.05, 0) is 34.1 Å². The van der Waals surface area contributed by atoms with E-state index in [4.69, 9.17) is 5.11 Å². The van der Waals surface area contributed by atoms with Crippen molar-refractivity contribution in [1.29, 1.82) is 0 Å². The number of carboxylic acids is 1. The fourth-order valence-electron chi connectivity index (χ4n) is 2.03. The van der Waals surface area contributed by atoms with Gasteiger partial charge in [0.05, 0.1) is 11.4 Å². The van der Waals surface area contributed by atoms with Crippen LogP contribution in [0.4, 0.5) is 0 Å². The summed E-state index contributed by atoms with van der Waals surface area (Å²) >= 11 is 0. The van der Waals surface area contributed by atoms with E-state index in [0.29, 0.717) is 11.4 Å². The zero-order chi connectivity index (χ0) is 15.7. The number of rotatable bonds is 6. The highest BCUT2D eigenvalue weighted by Gasteiger charge is 2.30. The number of aryl methyl sites for hydroxylation is 2. The zero-order valence-corrected chi connectivity index (χ0v) is 13.2. The second-order valence-electron chi connectivity index (χ2n) is 5.51. The fourth-order valence-corrected chi connectivity index (χ4v) is 3.91. The Labute approximate surface area is 119 Å². The summed E-state index contributed by atoms with van der Waals surface area (Å²) in [6.45, 7) is 6.63. The van der Waals surface area contributed by atoms with E-state index in [1.54, 1.807) is 34.7 Å². The van der Waals surface area contributed by atoms with Gasteiger partial charge in [0.15, 0.2) is 0 Å². The molecule has 0 amide bonds. The molecule has 0 fully saturated rings. The maximum Gasteiger partial charge on any atom is 0.303 e. The average Bonchev–Trinajstić information content (AvgIpc) is 2.49. The van der Waals surface area contributed by atoms with Crippen LogP contribution < -0.4 is 4.72 Å². The first-order chi connectivity index (χ1) is 8.96. The highest BCUT2D eigenvalue weighted by Crippen LogP contribution is 2.22. The van der Waals surface area contributed by atoms with Crippen LogP contribution in [-0.4, -0.2) is 34.8 Å². The van der Waals surface area contributed by atoms with Crippen LogP contribution in [0.25, 0.3) is 0 Å². The van der Waals surface area contributed by atoms with Gasteiger partial charge in [-0.1, -0.05) is 0 Å². The molecule has 0 bridgehead atoms. The van der Waals surface area contributed by atoms with E-state index in [9.17, 15) is 13.2 Å². The quantitative estimate of drug-likeness (QED) is 0.815. The summed E-state index contributed by atoms with van der Waals surface area (Å²) in [6.07, 6.45) is 0.112. The zero-order valence-electron chi connectivity index (χ0n) is 12.4. The molecule has 114 valence electrons. The molecule has 0 aromatic carbocycles. The molecular weight excluding hydrogens is 282 g/mol.